The molecule has 0 unspecified atom stereocenters. The van der Waals surface area contributed by atoms with Crippen LogP contribution in [0.15, 0.2) is 24.3 Å². The van der Waals surface area contributed by atoms with E-state index < -0.39 is 0 Å². The molecule has 0 fully saturated rings. The molecule has 0 amide bonds. The number of hydrogen-bond donors (Lipinski definition) is 1. The Morgan fingerprint density at radius 3 is 2.93 bits per heavy atom. The highest BCUT2D eigenvalue weighted by molar-refractivity contribution is 5.69. The second-order valence-corrected chi connectivity index (χ2v) is 3.05. The number of rotatable bonds is 5. The lowest BCUT2D eigenvalue weighted by molar-refractivity contribution is -0.144. The zero-order chi connectivity index (χ0) is 11.1. The van der Waals surface area contributed by atoms with Crippen molar-refractivity contribution in [2.45, 2.75) is 13.0 Å². The van der Waals surface area contributed by atoms with Crippen molar-refractivity contribution >= 4 is 5.97 Å². The largest absolute Gasteiger partial charge is 0.497 e. The Labute approximate surface area is 89.0 Å². The monoisotopic (exact) mass is 209 g/mol. The van der Waals surface area contributed by atoms with Gasteiger partial charge < -0.3 is 15.2 Å². The topological polar surface area (TPSA) is 61.5 Å². The number of benzene rings is 1. The first-order valence-corrected chi connectivity index (χ1v) is 4.75. The van der Waals surface area contributed by atoms with E-state index in [2.05, 4.69) is 0 Å². The molecule has 0 aliphatic heterocycles. The molecule has 0 spiro atoms. The van der Waals surface area contributed by atoms with E-state index in [0.29, 0.717) is 6.54 Å². The molecule has 0 aromatic heterocycles. The summed E-state index contributed by atoms with van der Waals surface area (Å²) < 4.78 is 10.0. The molecular weight excluding hydrogens is 194 g/mol. The van der Waals surface area contributed by atoms with Crippen LogP contribution in [0.1, 0.15) is 12.0 Å². The lowest BCUT2D eigenvalue weighted by atomic mass is 10.2. The zero-order valence-corrected chi connectivity index (χ0v) is 8.73. The Morgan fingerprint density at radius 2 is 2.27 bits per heavy atom. The Kier molecular flexibility index (Phi) is 4.63. The van der Waals surface area contributed by atoms with E-state index in [-0.39, 0.29) is 19.0 Å². The van der Waals surface area contributed by atoms with Crippen molar-refractivity contribution in [3.05, 3.63) is 29.8 Å². The fourth-order valence-electron chi connectivity index (χ4n) is 1.12. The van der Waals surface area contributed by atoms with Gasteiger partial charge in [0, 0.05) is 6.54 Å². The van der Waals surface area contributed by atoms with Crippen LogP contribution in [0.25, 0.3) is 0 Å². The molecule has 15 heavy (non-hydrogen) atoms. The van der Waals surface area contributed by atoms with Crippen LogP contribution in [0.3, 0.4) is 0 Å². The van der Waals surface area contributed by atoms with Crippen molar-refractivity contribution in [1.82, 2.24) is 0 Å². The first kappa shape index (κ1) is 11.5. The van der Waals surface area contributed by atoms with Gasteiger partial charge in [0.15, 0.2) is 0 Å². The Hall–Kier alpha value is -1.55. The summed E-state index contributed by atoms with van der Waals surface area (Å²) in [6.45, 7) is 0.576. The van der Waals surface area contributed by atoms with Gasteiger partial charge >= 0.3 is 5.97 Å². The summed E-state index contributed by atoms with van der Waals surface area (Å²) in [4.78, 5) is 11.0. The summed E-state index contributed by atoms with van der Waals surface area (Å²) in [6.07, 6.45) is 0.254. The molecule has 0 saturated heterocycles. The van der Waals surface area contributed by atoms with E-state index in [1.54, 1.807) is 7.11 Å². The van der Waals surface area contributed by atoms with Crippen molar-refractivity contribution in [3.63, 3.8) is 0 Å². The number of hydrogen-bond acceptors (Lipinski definition) is 4. The number of carbonyl (C=O) groups is 1. The van der Waals surface area contributed by atoms with Gasteiger partial charge in [-0.1, -0.05) is 12.1 Å². The second-order valence-electron chi connectivity index (χ2n) is 3.05. The SMILES string of the molecule is COc1cccc(COC(=O)CCN)c1. The minimum absolute atomic E-state index is 0.254. The molecular formula is C11H15NO3. The highest BCUT2D eigenvalue weighted by atomic mass is 16.5. The minimum Gasteiger partial charge on any atom is -0.497 e. The van der Waals surface area contributed by atoms with Crippen molar-refractivity contribution in [2.24, 2.45) is 5.73 Å². The van der Waals surface area contributed by atoms with Crippen LogP contribution in [0, 0.1) is 0 Å². The predicted octanol–water partition coefficient (Wildman–Crippen LogP) is 1.09. The molecule has 0 heterocycles. The maximum atomic E-state index is 11.0. The van der Waals surface area contributed by atoms with E-state index in [9.17, 15) is 4.79 Å². The third kappa shape index (κ3) is 3.99. The van der Waals surface area contributed by atoms with Crippen LogP contribution in [0.2, 0.25) is 0 Å². The van der Waals surface area contributed by atoms with Crippen LogP contribution < -0.4 is 10.5 Å². The van der Waals surface area contributed by atoms with Crippen LogP contribution in [-0.2, 0) is 16.1 Å². The molecule has 0 atom stereocenters. The Balaban J connectivity index is 2.46. The van der Waals surface area contributed by atoms with Crippen LogP contribution in [0.4, 0.5) is 0 Å². The summed E-state index contributed by atoms with van der Waals surface area (Å²) in [5.41, 5.74) is 6.13. The number of esters is 1. The molecule has 1 aromatic carbocycles. The highest BCUT2D eigenvalue weighted by Crippen LogP contribution is 2.13. The molecule has 0 bridgehead atoms. The predicted molar refractivity (Wildman–Crippen MR) is 56.5 cm³/mol. The molecule has 4 heteroatoms. The van der Waals surface area contributed by atoms with Gasteiger partial charge in [0.1, 0.15) is 12.4 Å². The maximum Gasteiger partial charge on any atom is 0.307 e. The van der Waals surface area contributed by atoms with Gasteiger partial charge in [-0.15, -0.1) is 0 Å². The lowest BCUT2D eigenvalue weighted by Crippen LogP contribution is -2.10. The summed E-state index contributed by atoms with van der Waals surface area (Å²) >= 11 is 0. The molecule has 2 N–H and O–H groups in total. The quantitative estimate of drug-likeness (QED) is 0.737. The van der Waals surface area contributed by atoms with Gasteiger partial charge in [0.25, 0.3) is 0 Å². The third-order valence-corrected chi connectivity index (χ3v) is 1.88. The first-order chi connectivity index (χ1) is 7.26. The summed E-state index contributed by atoms with van der Waals surface area (Å²) in [5, 5.41) is 0. The van der Waals surface area contributed by atoms with E-state index in [4.69, 9.17) is 15.2 Å². The summed E-state index contributed by atoms with van der Waals surface area (Å²) in [7, 11) is 1.60. The van der Waals surface area contributed by atoms with Crippen LogP contribution in [0.5, 0.6) is 5.75 Å². The number of ether oxygens (including phenoxy) is 2. The molecule has 82 valence electrons. The molecule has 0 aliphatic carbocycles. The van der Waals surface area contributed by atoms with Crippen molar-refractivity contribution < 1.29 is 14.3 Å². The second kappa shape index (κ2) is 6.03. The lowest BCUT2D eigenvalue weighted by Gasteiger charge is -2.05. The number of carbonyl (C=O) groups excluding carboxylic acids is 1. The smallest absolute Gasteiger partial charge is 0.307 e. The van der Waals surface area contributed by atoms with Crippen molar-refractivity contribution in [3.8, 4) is 5.75 Å². The molecule has 1 rings (SSSR count). The van der Waals surface area contributed by atoms with Gasteiger partial charge in [0.2, 0.25) is 0 Å². The minimum atomic E-state index is -0.277. The van der Waals surface area contributed by atoms with Gasteiger partial charge in [-0.05, 0) is 17.7 Å². The van der Waals surface area contributed by atoms with Gasteiger partial charge in [-0.3, -0.25) is 4.79 Å². The number of nitrogens with two attached hydrogens (primary N) is 1. The number of methoxy groups -OCH3 is 1. The van der Waals surface area contributed by atoms with E-state index in [1.807, 2.05) is 24.3 Å². The molecule has 1 aromatic rings. The van der Waals surface area contributed by atoms with E-state index in [1.165, 1.54) is 0 Å². The molecule has 4 nitrogen and oxygen atoms in total. The zero-order valence-electron chi connectivity index (χ0n) is 8.73. The van der Waals surface area contributed by atoms with Gasteiger partial charge in [0.05, 0.1) is 13.5 Å². The van der Waals surface area contributed by atoms with Crippen molar-refractivity contribution in [1.29, 1.82) is 0 Å². The first-order valence-electron chi connectivity index (χ1n) is 4.75. The van der Waals surface area contributed by atoms with Crippen LogP contribution >= 0.6 is 0 Å². The van der Waals surface area contributed by atoms with Gasteiger partial charge in [-0.2, -0.15) is 0 Å². The average molecular weight is 209 g/mol. The molecule has 0 saturated carbocycles. The normalized spacial score (nSPS) is 9.73. The van der Waals surface area contributed by atoms with Crippen molar-refractivity contribution in [2.75, 3.05) is 13.7 Å². The Bertz CT molecular complexity index is 325. The fourth-order valence-corrected chi connectivity index (χ4v) is 1.12. The third-order valence-electron chi connectivity index (χ3n) is 1.88. The fraction of sp³-hybridized carbons (Fsp3) is 0.364. The van der Waals surface area contributed by atoms with E-state index >= 15 is 0 Å². The van der Waals surface area contributed by atoms with Crippen LogP contribution in [-0.4, -0.2) is 19.6 Å². The average Bonchev–Trinajstić information content (AvgIpc) is 2.27. The standard InChI is InChI=1S/C11H15NO3/c1-14-10-4-2-3-9(7-10)8-15-11(13)5-6-12/h2-4,7H,5-6,8,12H2,1H3. The maximum absolute atomic E-state index is 11.0. The van der Waals surface area contributed by atoms with Gasteiger partial charge in [-0.25, -0.2) is 0 Å². The summed E-state index contributed by atoms with van der Waals surface area (Å²) in [6, 6.07) is 7.39. The molecule has 0 aliphatic rings. The van der Waals surface area contributed by atoms with E-state index in [0.717, 1.165) is 11.3 Å². The Morgan fingerprint density at radius 1 is 1.47 bits per heavy atom. The molecule has 0 radical (unpaired) electrons. The highest BCUT2D eigenvalue weighted by Gasteiger charge is 2.02. The summed E-state index contributed by atoms with van der Waals surface area (Å²) in [5.74, 6) is 0.475.